The first kappa shape index (κ1) is 25.7. The normalized spacial score (nSPS) is 35.0. The molecular formula is C25H36F3N5O3. The topological polar surface area (TPSA) is 90.8 Å². The Bertz CT molecular complexity index is 986. The fourth-order valence-electron chi connectivity index (χ4n) is 6.75. The van der Waals surface area contributed by atoms with Crippen molar-refractivity contribution >= 4 is 11.7 Å². The van der Waals surface area contributed by atoms with Crippen LogP contribution in [-0.2, 0) is 15.7 Å². The zero-order chi connectivity index (χ0) is 25.9. The summed E-state index contributed by atoms with van der Waals surface area (Å²) in [4.78, 5) is 24.9. The van der Waals surface area contributed by atoms with Gasteiger partial charge in [0.15, 0.2) is 0 Å². The molecule has 1 aromatic heterocycles. The first-order chi connectivity index (χ1) is 16.9. The van der Waals surface area contributed by atoms with Crippen LogP contribution in [0.2, 0.25) is 0 Å². The highest BCUT2D eigenvalue weighted by Gasteiger charge is 2.59. The Morgan fingerprint density at radius 3 is 2.67 bits per heavy atom. The molecule has 6 atom stereocenters. The summed E-state index contributed by atoms with van der Waals surface area (Å²) >= 11 is 0. The molecule has 200 valence electrons. The molecule has 0 radical (unpaired) electrons. The van der Waals surface area contributed by atoms with Crippen molar-refractivity contribution in [3.63, 3.8) is 0 Å². The van der Waals surface area contributed by atoms with E-state index in [2.05, 4.69) is 22.2 Å². The Morgan fingerprint density at radius 1 is 1.25 bits per heavy atom. The molecule has 5 rings (SSSR count). The quantitative estimate of drug-likeness (QED) is 0.628. The van der Waals surface area contributed by atoms with E-state index in [1.807, 2.05) is 9.80 Å². The third-order valence-corrected chi connectivity index (χ3v) is 8.88. The van der Waals surface area contributed by atoms with E-state index >= 15 is 0 Å². The molecule has 1 saturated carbocycles. The number of alkyl halides is 3. The number of nitrogens with zero attached hydrogens (tertiary/aromatic N) is 4. The van der Waals surface area contributed by atoms with E-state index < -0.39 is 23.0 Å². The van der Waals surface area contributed by atoms with Gasteiger partial charge in [-0.1, -0.05) is 6.92 Å². The van der Waals surface area contributed by atoms with Gasteiger partial charge >= 0.3 is 6.18 Å². The second-order valence-corrected chi connectivity index (χ2v) is 11.6. The van der Waals surface area contributed by atoms with Gasteiger partial charge in [-0.25, -0.2) is 9.97 Å². The van der Waals surface area contributed by atoms with Gasteiger partial charge in [-0.15, -0.1) is 0 Å². The molecule has 36 heavy (non-hydrogen) atoms. The lowest BCUT2D eigenvalue weighted by atomic mass is 9.70. The van der Waals surface area contributed by atoms with E-state index in [1.54, 1.807) is 13.8 Å². The first-order valence-corrected chi connectivity index (χ1v) is 12.9. The summed E-state index contributed by atoms with van der Waals surface area (Å²) in [6.07, 6.45) is 0.127. The molecule has 11 heteroatoms. The predicted molar refractivity (Wildman–Crippen MR) is 126 cm³/mol. The number of amides is 1. The van der Waals surface area contributed by atoms with Gasteiger partial charge < -0.3 is 25.0 Å². The second-order valence-electron chi connectivity index (χ2n) is 11.6. The van der Waals surface area contributed by atoms with Crippen LogP contribution in [0.4, 0.5) is 19.0 Å². The van der Waals surface area contributed by atoms with Crippen molar-refractivity contribution in [1.29, 1.82) is 0 Å². The monoisotopic (exact) mass is 511 g/mol. The minimum Gasteiger partial charge on any atom is -0.389 e. The van der Waals surface area contributed by atoms with E-state index in [0.717, 1.165) is 32.3 Å². The van der Waals surface area contributed by atoms with Crippen LogP contribution < -0.4 is 10.2 Å². The molecule has 4 heterocycles. The average Bonchev–Trinajstić information content (AvgIpc) is 3.54. The van der Waals surface area contributed by atoms with Crippen molar-refractivity contribution in [2.24, 2.45) is 11.3 Å². The molecule has 0 unspecified atom stereocenters. The third-order valence-electron chi connectivity index (χ3n) is 8.88. The smallest absolute Gasteiger partial charge is 0.389 e. The molecule has 3 saturated heterocycles. The summed E-state index contributed by atoms with van der Waals surface area (Å²) in [7, 11) is 0. The number of nitrogens with one attached hydrogen (secondary N) is 1. The maximum absolute atomic E-state index is 14.1. The summed E-state index contributed by atoms with van der Waals surface area (Å²) in [5.74, 6) is -0.554. The summed E-state index contributed by atoms with van der Waals surface area (Å²) in [5.41, 5.74) is -2.09. The Kier molecular flexibility index (Phi) is 6.48. The van der Waals surface area contributed by atoms with Crippen molar-refractivity contribution in [2.75, 3.05) is 31.2 Å². The van der Waals surface area contributed by atoms with E-state index in [1.165, 1.54) is 6.07 Å². The van der Waals surface area contributed by atoms with Crippen LogP contribution in [0.5, 0.6) is 0 Å². The minimum atomic E-state index is -4.61. The summed E-state index contributed by atoms with van der Waals surface area (Å²) < 4.78 is 44.9. The van der Waals surface area contributed by atoms with Crippen molar-refractivity contribution < 1.29 is 27.8 Å². The SMILES string of the molecule is C[C@@H]1COCC[C@@H]1N[C@@H]1CC[C@@](C(=O)N2C[C@@H]3C[C@H]2CN3c2ccnc(C(F)(F)F)n2)(C(C)(C)O)C1. The standard InChI is InChI=1S/C25H36F3N5O3/c1-15-14-36-9-6-19(15)30-16-4-7-24(11-16,23(2,3)35)22(34)33-13-17-10-18(33)12-32(17)20-5-8-29-21(31-20)25(26,27)28/h5,8,15-19,30,35H,4,6-7,9-14H2,1-3H3/t15-,16-,17+,18+,19+,24-/m1/s1. The molecule has 2 N–H and O–H groups in total. The van der Waals surface area contributed by atoms with Gasteiger partial charge in [-0.05, 0) is 57.9 Å². The maximum atomic E-state index is 14.1. The van der Waals surface area contributed by atoms with Gasteiger partial charge in [0.1, 0.15) is 5.82 Å². The highest BCUT2D eigenvalue weighted by atomic mass is 19.4. The van der Waals surface area contributed by atoms with Crippen LogP contribution in [0.15, 0.2) is 12.3 Å². The van der Waals surface area contributed by atoms with E-state index in [4.69, 9.17) is 4.74 Å². The Morgan fingerprint density at radius 2 is 2.03 bits per heavy atom. The number of rotatable bonds is 5. The van der Waals surface area contributed by atoms with Crippen LogP contribution in [0, 0.1) is 11.3 Å². The number of aliphatic hydroxyl groups is 1. The molecule has 1 aromatic rings. The number of hydrogen-bond donors (Lipinski definition) is 2. The van der Waals surface area contributed by atoms with Gasteiger partial charge in [0.2, 0.25) is 11.7 Å². The molecule has 0 spiro atoms. The molecule has 4 aliphatic rings. The second kappa shape index (κ2) is 9.09. The number of piperazine rings is 1. The molecular weight excluding hydrogens is 475 g/mol. The van der Waals surface area contributed by atoms with Crippen LogP contribution in [0.25, 0.3) is 0 Å². The Balaban J connectivity index is 1.29. The third kappa shape index (κ3) is 4.47. The molecule has 4 fully saturated rings. The molecule has 1 aliphatic carbocycles. The molecule has 8 nitrogen and oxygen atoms in total. The van der Waals surface area contributed by atoms with Crippen LogP contribution in [-0.4, -0.2) is 82.0 Å². The number of likely N-dealkylation sites (tertiary alicyclic amines) is 1. The number of hydrogen-bond acceptors (Lipinski definition) is 7. The molecule has 0 aromatic carbocycles. The lowest BCUT2D eigenvalue weighted by Crippen LogP contribution is -2.59. The van der Waals surface area contributed by atoms with E-state index in [0.29, 0.717) is 44.3 Å². The highest BCUT2D eigenvalue weighted by molar-refractivity contribution is 5.85. The van der Waals surface area contributed by atoms with Gasteiger partial charge in [-0.3, -0.25) is 4.79 Å². The predicted octanol–water partition coefficient (Wildman–Crippen LogP) is 2.61. The van der Waals surface area contributed by atoms with Crippen LogP contribution in [0.3, 0.4) is 0 Å². The Labute approximate surface area is 209 Å². The van der Waals surface area contributed by atoms with Gasteiger partial charge in [0.25, 0.3) is 0 Å². The van der Waals surface area contributed by atoms with Crippen molar-refractivity contribution in [3.05, 3.63) is 18.1 Å². The van der Waals surface area contributed by atoms with E-state index in [-0.39, 0.29) is 29.9 Å². The first-order valence-electron chi connectivity index (χ1n) is 12.9. The number of carbonyl (C=O) groups is 1. The number of aromatic nitrogens is 2. The van der Waals surface area contributed by atoms with E-state index in [9.17, 15) is 23.1 Å². The van der Waals surface area contributed by atoms with Crippen LogP contribution >= 0.6 is 0 Å². The van der Waals surface area contributed by atoms with Crippen molar-refractivity contribution in [1.82, 2.24) is 20.2 Å². The fraction of sp³-hybridized carbons (Fsp3) is 0.800. The molecule has 1 amide bonds. The largest absolute Gasteiger partial charge is 0.451 e. The summed E-state index contributed by atoms with van der Waals surface area (Å²) in [6, 6.07) is 1.75. The van der Waals surface area contributed by atoms with Crippen LogP contribution in [0.1, 0.15) is 58.7 Å². The zero-order valence-corrected chi connectivity index (χ0v) is 21.1. The lowest BCUT2D eigenvalue weighted by molar-refractivity contribution is -0.159. The van der Waals surface area contributed by atoms with Gasteiger partial charge in [0.05, 0.1) is 29.7 Å². The number of fused-ring (bicyclic) bond motifs is 2. The minimum absolute atomic E-state index is 0.0369. The lowest BCUT2D eigenvalue weighted by Gasteiger charge is -2.45. The summed E-state index contributed by atoms with van der Waals surface area (Å²) in [5, 5.41) is 15.0. The maximum Gasteiger partial charge on any atom is 0.451 e. The fourth-order valence-corrected chi connectivity index (χ4v) is 6.75. The zero-order valence-electron chi connectivity index (χ0n) is 21.1. The van der Waals surface area contributed by atoms with Gasteiger partial charge in [-0.2, -0.15) is 13.2 Å². The average molecular weight is 512 g/mol. The number of ether oxygens (including phenoxy) is 1. The number of halogens is 3. The molecule has 3 aliphatic heterocycles. The van der Waals surface area contributed by atoms with Gasteiger partial charge in [0, 0.05) is 38.0 Å². The number of carbonyl (C=O) groups excluding carboxylic acids is 1. The van der Waals surface area contributed by atoms with Crippen molar-refractivity contribution in [2.45, 2.75) is 88.8 Å². The number of anilines is 1. The summed E-state index contributed by atoms with van der Waals surface area (Å²) in [6.45, 7) is 7.92. The highest BCUT2D eigenvalue weighted by Crippen LogP contribution is 2.50. The Hall–Kier alpha value is -1.98. The van der Waals surface area contributed by atoms with Crippen molar-refractivity contribution in [3.8, 4) is 0 Å². The molecule has 2 bridgehead atoms.